The average molecular weight is 123 g/mol. The lowest BCUT2D eigenvalue weighted by Crippen LogP contribution is -2.10. The van der Waals surface area contributed by atoms with Gasteiger partial charge in [0.15, 0.2) is 0 Å². The molecule has 1 aromatic rings. The normalized spacial score (nSPS) is 8.89. The second-order valence-electron chi connectivity index (χ2n) is 1.50. The fourth-order valence-electron chi connectivity index (χ4n) is 0.436. The summed E-state index contributed by atoms with van der Waals surface area (Å²) >= 11 is 0. The van der Waals surface area contributed by atoms with Crippen molar-refractivity contribution in [3.05, 3.63) is 24.0 Å². The molecule has 0 aliphatic rings. The lowest BCUT2D eigenvalue weighted by atomic mass is 10.3. The van der Waals surface area contributed by atoms with Crippen molar-refractivity contribution in [2.24, 2.45) is 5.73 Å². The predicted octanol–water partition coefficient (Wildman–Crippen LogP) is -0.425. The molecule has 1 amide bonds. The van der Waals surface area contributed by atoms with Gasteiger partial charge in [0, 0.05) is 0 Å². The molecule has 0 aliphatic carbocycles. The van der Waals surface area contributed by atoms with Gasteiger partial charge in [0.1, 0.15) is 0 Å². The third kappa shape index (κ3) is 1.22. The third-order valence-electron chi connectivity index (χ3n) is 0.869. The van der Waals surface area contributed by atoms with Gasteiger partial charge in [-0.05, 0) is 6.07 Å². The average Bonchev–Trinajstić information content (AvgIpc) is 1.90. The van der Waals surface area contributed by atoms with Gasteiger partial charge >= 0.3 is 0 Å². The topological polar surface area (TPSA) is 68.9 Å². The number of carbonyl (C=O) groups is 1. The van der Waals surface area contributed by atoms with Crippen LogP contribution in [-0.2, 0) is 0 Å². The number of nitrogens with zero attached hydrogens (tertiary/aromatic N) is 2. The molecule has 0 fully saturated rings. The minimum absolute atomic E-state index is 0.380. The Morgan fingerprint density at radius 3 is 2.67 bits per heavy atom. The summed E-state index contributed by atoms with van der Waals surface area (Å²) < 4.78 is 0. The van der Waals surface area contributed by atoms with Crippen LogP contribution in [0.2, 0.25) is 0 Å². The Labute approximate surface area is 51.7 Å². The summed E-state index contributed by atoms with van der Waals surface area (Å²) in [6.45, 7) is 0. The van der Waals surface area contributed by atoms with Crippen molar-refractivity contribution in [1.29, 1.82) is 0 Å². The van der Waals surface area contributed by atoms with E-state index >= 15 is 0 Å². The highest BCUT2D eigenvalue weighted by atomic mass is 16.1. The van der Waals surface area contributed by atoms with Gasteiger partial charge in [-0.15, -0.1) is 0 Å². The van der Waals surface area contributed by atoms with E-state index in [9.17, 15) is 4.79 Å². The molecule has 0 unspecified atom stereocenters. The monoisotopic (exact) mass is 123 g/mol. The Morgan fingerprint density at radius 2 is 2.33 bits per heavy atom. The second kappa shape index (κ2) is 2.21. The fraction of sp³-hybridized carbons (Fsp3) is 0. The molecule has 0 aliphatic heterocycles. The molecular weight excluding hydrogens is 118 g/mol. The Bertz CT molecular complexity index is 209. The maximum atomic E-state index is 10.4. The van der Waals surface area contributed by atoms with E-state index in [1.807, 2.05) is 0 Å². The largest absolute Gasteiger partial charge is 0.366 e. The SMILES string of the molecule is NC(=O)c1ccnnc1. The van der Waals surface area contributed by atoms with Gasteiger partial charge in [0.05, 0.1) is 18.0 Å². The van der Waals surface area contributed by atoms with Crippen LogP contribution in [0.5, 0.6) is 0 Å². The first-order chi connectivity index (χ1) is 4.30. The van der Waals surface area contributed by atoms with Gasteiger partial charge < -0.3 is 5.73 Å². The lowest BCUT2D eigenvalue weighted by Gasteiger charge is -1.87. The van der Waals surface area contributed by atoms with Crippen LogP contribution in [0.3, 0.4) is 0 Å². The van der Waals surface area contributed by atoms with Crippen molar-refractivity contribution in [2.45, 2.75) is 0 Å². The molecule has 0 aromatic carbocycles. The second-order valence-corrected chi connectivity index (χ2v) is 1.50. The van der Waals surface area contributed by atoms with Crippen LogP contribution in [0, 0.1) is 0 Å². The van der Waals surface area contributed by atoms with Crippen molar-refractivity contribution in [3.63, 3.8) is 0 Å². The molecule has 9 heavy (non-hydrogen) atoms. The summed E-state index contributed by atoms with van der Waals surface area (Å²) in [5.41, 5.74) is 5.29. The zero-order valence-electron chi connectivity index (χ0n) is 4.61. The number of nitrogens with two attached hydrogens (primary N) is 1. The standard InChI is InChI=1S/C5H5N3O/c6-5(9)4-1-2-7-8-3-4/h1-3H,(H2,6,9). The van der Waals surface area contributed by atoms with E-state index in [4.69, 9.17) is 5.73 Å². The van der Waals surface area contributed by atoms with Gasteiger partial charge in [-0.2, -0.15) is 10.2 Å². The van der Waals surface area contributed by atoms with Crippen molar-refractivity contribution in [2.75, 3.05) is 0 Å². The molecular formula is C5H5N3O. The molecule has 0 spiro atoms. The lowest BCUT2D eigenvalue weighted by molar-refractivity contribution is 0.1000. The maximum absolute atomic E-state index is 10.4. The fourth-order valence-corrected chi connectivity index (χ4v) is 0.436. The van der Waals surface area contributed by atoms with Crippen LogP contribution in [0.1, 0.15) is 10.4 Å². The van der Waals surface area contributed by atoms with E-state index in [1.54, 1.807) is 0 Å². The summed E-state index contributed by atoms with van der Waals surface area (Å²) in [5, 5.41) is 6.93. The highest BCUT2D eigenvalue weighted by molar-refractivity contribution is 5.92. The number of amides is 1. The van der Waals surface area contributed by atoms with Crippen molar-refractivity contribution < 1.29 is 4.79 Å². The number of hydrogen-bond acceptors (Lipinski definition) is 3. The Kier molecular flexibility index (Phi) is 1.40. The smallest absolute Gasteiger partial charge is 0.250 e. The van der Waals surface area contributed by atoms with E-state index < -0.39 is 5.91 Å². The Morgan fingerprint density at radius 1 is 1.56 bits per heavy atom. The van der Waals surface area contributed by atoms with E-state index in [1.165, 1.54) is 18.5 Å². The van der Waals surface area contributed by atoms with E-state index in [-0.39, 0.29) is 0 Å². The van der Waals surface area contributed by atoms with E-state index in [0.29, 0.717) is 5.56 Å². The number of aromatic nitrogens is 2. The summed E-state index contributed by atoms with van der Waals surface area (Å²) in [5.74, 6) is -0.482. The molecule has 1 aromatic heterocycles. The van der Waals surface area contributed by atoms with Crippen LogP contribution < -0.4 is 5.73 Å². The van der Waals surface area contributed by atoms with Gasteiger partial charge in [-0.25, -0.2) is 0 Å². The third-order valence-corrected chi connectivity index (χ3v) is 0.869. The molecule has 0 atom stereocenters. The molecule has 0 saturated carbocycles. The molecule has 4 heteroatoms. The van der Waals surface area contributed by atoms with Crippen molar-refractivity contribution >= 4 is 5.91 Å². The number of rotatable bonds is 1. The first-order valence-corrected chi connectivity index (χ1v) is 2.37. The van der Waals surface area contributed by atoms with E-state index in [0.717, 1.165) is 0 Å². The van der Waals surface area contributed by atoms with Crippen molar-refractivity contribution in [1.82, 2.24) is 10.2 Å². The van der Waals surface area contributed by atoms with Gasteiger partial charge in [-0.1, -0.05) is 0 Å². The van der Waals surface area contributed by atoms with Crippen molar-refractivity contribution in [3.8, 4) is 0 Å². The summed E-state index contributed by atoms with van der Waals surface area (Å²) in [6, 6.07) is 1.51. The number of primary amides is 1. The van der Waals surface area contributed by atoms with Crippen LogP contribution >= 0.6 is 0 Å². The molecule has 4 nitrogen and oxygen atoms in total. The summed E-state index contributed by atoms with van der Waals surface area (Å²) in [6.07, 6.45) is 2.74. The molecule has 2 N–H and O–H groups in total. The quantitative estimate of drug-likeness (QED) is 0.551. The van der Waals surface area contributed by atoms with Gasteiger partial charge in [0.25, 0.3) is 0 Å². The molecule has 0 radical (unpaired) electrons. The minimum Gasteiger partial charge on any atom is -0.366 e. The van der Waals surface area contributed by atoms with Gasteiger partial charge in [0.2, 0.25) is 5.91 Å². The first-order valence-electron chi connectivity index (χ1n) is 2.37. The zero-order valence-corrected chi connectivity index (χ0v) is 4.61. The van der Waals surface area contributed by atoms with Crippen LogP contribution in [-0.4, -0.2) is 16.1 Å². The predicted molar refractivity (Wildman–Crippen MR) is 30.5 cm³/mol. The Hall–Kier alpha value is -1.45. The Balaban J connectivity index is 2.98. The summed E-state index contributed by atoms with van der Waals surface area (Å²) in [4.78, 5) is 10.4. The first kappa shape index (κ1) is 5.68. The van der Waals surface area contributed by atoms with Crippen LogP contribution in [0.25, 0.3) is 0 Å². The molecule has 0 bridgehead atoms. The molecule has 1 heterocycles. The number of carbonyl (C=O) groups excluding carboxylic acids is 1. The highest BCUT2D eigenvalue weighted by Crippen LogP contribution is 1.89. The van der Waals surface area contributed by atoms with Gasteiger partial charge in [-0.3, -0.25) is 4.79 Å². The molecule has 46 valence electrons. The molecule has 0 saturated heterocycles. The van der Waals surface area contributed by atoms with Crippen LogP contribution in [0.4, 0.5) is 0 Å². The van der Waals surface area contributed by atoms with Crippen LogP contribution in [0.15, 0.2) is 18.5 Å². The zero-order chi connectivity index (χ0) is 6.69. The molecule has 1 rings (SSSR count). The summed E-state index contributed by atoms with van der Waals surface area (Å²) in [7, 11) is 0. The number of hydrogen-bond donors (Lipinski definition) is 1. The minimum atomic E-state index is -0.482. The van der Waals surface area contributed by atoms with E-state index in [2.05, 4.69) is 10.2 Å². The highest BCUT2D eigenvalue weighted by Gasteiger charge is 1.95. The maximum Gasteiger partial charge on any atom is 0.250 e.